The molecule has 1 nitrogen and oxygen atoms in total. The predicted molar refractivity (Wildman–Crippen MR) is 75.9 cm³/mol. The fourth-order valence-electron chi connectivity index (χ4n) is 1.88. The van der Waals surface area contributed by atoms with Gasteiger partial charge in [0.05, 0.1) is 0 Å². The van der Waals surface area contributed by atoms with Crippen LogP contribution in [-0.2, 0) is 6.42 Å². The molecule has 0 saturated heterocycles. The van der Waals surface area contributed by atoms with E-state index in [-0.39, 0.29) is 11.9 Å². The Morgan fingerprint density at radius 1 is 1.22 bits per heavy atom. The van der Waals surface area contributed by atoms with Gasteiger partial charge in [-0.05, 0) is 48.2 Å². The van der Waals surface area contributed by atoms with Gasteiger partial charge in [0.1, 0.15) is 5.82 Å². The van der Waals surface area contributed by atoms with Crippen molar-refractivity contribution in [2.75, 3.05) is 0 Å². The second-order valence-electron chi connectivity index (χ2n) is 4.45. The van der Waals surface area contributed by atoms with E-state index in [1.807, 2.05) is 30.3 Å². The summed E-state index contributed by atoms with van der Waals surface area (Å²) in [5, 5.41) is 0. The van der Waals surface area contributed by atoms with E-state index in [0.717, 1.165) is 15.6 Å². The number of halogens is 2. The van der Waals surface area contributed by atoms with E-state index in [9.17, 15) is 4.39 Å². The molecule has 2 N–H and O–H groups in total. The maximum Gasteiger partial charge on any atom is 0.126 e. The van der Waals surface area contributed by atoms with Crippen molar-refractivity contribution in [2.24, 2.45) is 5.73 Å². The van der Waals surface area contributed by atoms with Crippen molar-refractivity contribution >= 4 is 15.9 Å². The van der Waals surface area contributed by atoms with Crippen LogP contribution in [0.1, 0.15) is 22.7 Å². The number of hydrogen-bond acceptors (Lipinski definition) is 1. The summed E-state index contributed by atoms with van der Waals surface area (Å²) in [4.78, 5) is 0. The van der Waals surface area contributed by atoms with Crippen molar-refractivity contribution in [3.05, 3.63) is 69.4 Å². The van der Waals surface area contributed by atoms with Gasteiger partial charge in [-0.25, -0.2) is 4.39 Å². The van der Waals surface area contributed by atoms with E-state index in [1.165, 1.54) is 6.07 Å². The Bertz CT molecular complexity index is 554. The molecule has 0 radical (unpaired) electrons. The van der Waals surface area contributed by atoms with Crippen molar-refractivity contribution in [1.82, 2.24) is 0 Å². The molecule has 0 heterocycles. The fourth-order valence-corrected chi connectivity index (χ4v) is 2.32. The lowest BCUT2D eigenvalue weighted by Gasteiger charge is -2.13. The molecule has 0 aliphatic carbocycles. The van der Waals surface area contributed by atoms with Crippen LogP contribution in [0, 0.1) is 12.7 Å². The quantitative estimate of drug-likeness (QED) is 0.906. The SMILES string of the molecule is Cc1ccc(C(N)Cc2cccc(Br)c2)cc1F. The normalized spacial score (nSPS) is 12.4. The largest absolute Gasteiger partial charge is 0.324 e. The first-order valence-electron chi connectivity index (χ1n) is 5.82. The Hall–Kier alpha value is -1.19. The summed E-state index contributed by atoms with van der Waals surface area (Å²) in [5.41, 5.74) is 8.73. The summed E-state index contributed by atoms with van der Waals surface area (Å²) in [7, 11) is 0. The van der Waals surface area contributed by atoms with Crippen LogP contribution in [-0.4, -0.2) is 0 Å². The van der Waals surface area contributed by atoms with Gasteiger partial charge in [-0.2, -0.15) is 0 Å². The molecule has 0 spiro atoms. The van der Waals surface area contributed by atoms with Gasteiger partial charge in [0, 0.05) is 10.5 Å². The zero-order chi connectivity index (χ0) is 13.1. The molecule has 0 aliphatic heterocycles. The van der Waals surface area contributed by atoms with Crippen molar-refractivity contribution in [1.29, 1.82) is 0 Å². The molecular weight excluding hydrogens is 293 g/mol. The van der Waals surface area contributed by atoms with Crippen LogP contribution in [0.2, 0.25) is 0 Å². The molecule has 0 saturated carbocycles. The number of benzene rings is 2. The monoisotopic (exact) mass is 307 g/mol. The minimum Gasteiger partial charge on any atom is -0.324 e. The average Bonchev–Trinajstić information content (AvgIpc) is 2.32. The highest BCUT2D eigenvalue weighted by molar-refractivity contribution is 9.10. The van der Waals surface area contributed by atoms with Gasteiger partial charge >= 0.3 is 0 Å². The van der Waals surface area contributed by atoms with E-state index in [4.69, 9.17) is 5.73 Å². The lowest BCUT2D eigenvalue weighted by molar-refractivity contribution is 0.610. The molecule has 2 aromatic carbocycles. The highest BCUT2D eigenvalue weighted by Crippen LogP contribution is 2.20. The first kappa shape index (κ1) is 13.2. The molecular formula is C15H15BrFN. The van der Waals surface area contributed by atoms with E-state index < -0.39 is 0 Å². The molecule has 94 valence electrons. The van der Waals surface area contributed by atoms with Gasteiger partial charge in [-0.1, -0.05) is 40.2 Å². The van der Waals surface area contributed by atoms with Crippen molar-refractivity contribution < 1.29 is 4.39 Å². The minimum atomic E-state index is -0.197. The van der Waals surface area contributed by atoms with Gasteiger partial charge in [0.25, 0.3) is 0 Å². The van der Waals surface area contributed by atoms with Crippen LogP contribution < -0.4 is 5.73 Å². The third-order valence-corrected chi connectivity index (χ3v) is 3.46. The van der Waals surface area contributed by atoms with Gasteiger partial charge < -0.3 is 5.73 Å². The smallest absolute Gasteiger partial charge is 0.126 e. The van der Waals surface area contributed by atoms with E-state index in [1.54, 1.807) is 13.0 Å². The Morgan fingerprint density at radius 3 is 2.67 bits per heavy atom. The molecule has 3 heteroatoms. The fraction of sp³-hybridized carbons (Fsp3) is 0.200. The average molecular weight is 308 g/mol. The summed E-state index contributed by atoms with van der Waals surface area (Å²) < 4.78 is 14.5. The van der Waals surface area contributed by atoms with Crippen molar-refractivity contribution in [3.63, 3.8) is 0 Å². The number of nitrogens with two attached hydrogens (primary N) is 1. The van der Waals surface area contributed by atoms with Gasteiger partial charge in [-0.15, -0.1) is 0 Å². The maximum atomic E-state index is 13.5. The standard InChI is InChI=1S/C15H15BrFN/c1-10-5-6-12(9-14(10)17)15(18)8-11-3-2-4-13(16)7-11/h2-7,9,15H,8,18H2,1H3. The van der Waals surface area contributed by atoms with E-state index in [2.05, 4.69) is 15.9 Å². The van der Waals surface area contributed by atoms with E-state index in [0.29, 0.717) is 12.0 Å². The number of aryl methyl sites for hydroxylation is 1. The van der Waals surface area contributed by atoms with E-state index >= 15 is 0 Å². The molecule has 18 heavy (non-hydrogen) atoms. The van der Waals surface area contributed by atoms with Crippen LogP contribution in [0.25, 0.3) is 0 Å². The first-order valence-corrected chi connectivity index (χ1v) is 6.61. The van der Waals surface area contributed by atoms with Crippen molar-refractivity contribution in [2.45, 2.75) is 19.4 Å². The summed E-state index contributed by atoms with van der Waals surface area (Å²) in [6, 6.07) is 13.0. The van der Waals surface area contributed by atoms with Gasteiger partial charge in [-0.3, -0.25) is 0 Å². The second kappa shape index (κ2) is 5.63. The molecule has 0 fully saturated rings. The second-order valence-corrected chi connectivity index (χ2v) is 5.36. The molecule has 2 aromatic rings. The Balaban J connectivity index is 2.16. The van der Waals surface area contributed by atoms with Gasteiger partial charge in [0.2, 0.25) is 0 Å². The predicted octanol–water partition coefficient (Wildman–Crippen LogP) is 4.14. The van der Waals surface area contributed by atoms with Crippen LogP contribution in [0.3, 0.4) is 0 Å². The molecule has 0 bridgehead atoms. The molecule has 2 rings (SSSR count). The van der Waals surface area contributed by atoms with Crippen molar-refractivity contribution in [3.8, 4) is 0 Å². The van der Waals surface area contributed by atoms with Crippen LogP contribution in [0.15, 0.2) is 46.9 Å². The number of rotatable bonds is 3. The molecule has 0 aliphatic rings. The zero-order valence-corrected chi connectivity index (χ0v) is 11.7. The summed E-state index contributed by atoms with van der Waals surface area (Å²) in [6.07, 6.45) is 0.696. The van der Waals surface area contributed by atoms with Crippen LogP contribution in [0.4, 0.5) is 4.39 Å². The Morgan fingerprint density at radius 2 is 2.00 bits per heavy atom. The zero-order valence-electron chi connectivity index (χ0n) is 10.2. The Labute approximate surface area is 115 Å². The van der Waals surface area contributed by atoms with Crippen LogP contribution in [0.5, 0.6) is 0 Å². The molecule has 1 atom stereocenters. The summed E-state index contributed by atoms with van der Waals surface area (Å²) in [6.45, 7) is 1.75. The lowest BCUT2D eigenvalue weighted by Crippen LogP contribution is -2.13. The topological polar surface area (TPSA) is 26.0 Å². The Kier molecular flexibility index (Phi) is 4.15. The van der Waals surface area contributed by atoms with Gasteiger partial charge in [0.15, 0.2) is 0 Å². The number of hydrogen-bond donors (Lipinski definition) is 1. The molecule has 0 amide bonds. The third kappa shape index (κ3) is 3.18. The molecule has 1 unspecified atom stereocenters. The summed E-state index contributed by atoms with van der Waals surface area (Å²) in [5.74, 6) is -0.197. The maximum absolute atomic E-state index is 13.5. The summed E-state index contributed by atoms with van der Waals surface area (Å²) >= 11 is 3.43. The lowest BCUT2D eigenvalue weighted by atomic mass is 9.99. The van der Waals surface area contributed by atoms with Crippen LogP contribution >= 0.6 is 15.9 Å². The molecule has 0 aromatic heterocycles. The minimum absolute atomic E-state index is 0.186. The highest BCUT2D eigenvalue weighted by atomic mass is 79.9. The first-order chi connectivity index (χ1) is 8.56. The highest BCUT2D eigenvalue weighted by Gasteiger charge is 2.09. The third-order valence-electron chi connectivity index (χ3n) is 2.97.